The van der Waals surface area contributed by atoms with E-state index in [9.17, 15) is 0 Å². The van der Waals surface area contributed by atoms with Crippen molar-refractivity contribution < 1.29 is 4.74 Å². The van der Waals surface area contributed by atoms with Crippen molar-refractivity contribution in [3.8, 4) is 0 Å². The van der Waals surface area contributed by atoms with E-state index in [4.69, 9.17) is 4.74 Å². The second-order valence-corrected chi connectivity index (χ2v) is 3.89. The molecule has 1 N–H and O–H groups in total. The van der Waals surface area contributed by atoms with Gasteiger partial charge < -0.3 is 10.1 Å². The fourth-order valence-corrected chi connectivity index (χ4v) is 1.39. The van der Waals surface area contributed by atoms with Crippen molar-refractivity contribution in [3.63, 3.8) is 0 Å². The van der Waals surface area contributed by atoms with E-state index in [1.807, 2.05) is 18.3 Å². The van der Waals surface area contributed by atoms with Crippen molar-refractivity contribution in [1.29, 1.82) is 0 Å². The summed E-state index contributed by atoms with van der Waals surface area (Å²) >= 11 is 3.30. The number of methoxy groups -OCH3 is 1. The van der Waals surface area contributed by atoms with Crippen molar-refractivity contribution in [3.05, 3.63) is 22.9 Å². The summed E-state index contributed by atoms with van der Waals surface area (Å²) in [5.41, 5.74) is 1.03. The van der Waals surface area contributed by atoms with E-state index in [1.54, 1.807) is 7.11 Å². The Morgan fingerprint density at radius 1 is 1.57 bits per heavy atom. The van der Waals surface area contributed by atoms with Gasteiger partial charge in [0, 0.05) is 13.2 Å². The highest BCUT2D eigenvalue weighted by Crippen LogP contribution is 2.12. The number of ether oxygens (including phenoxy) is 1. The minimum Gasteiger partial charge on any atom is -0.383 e. The highest BCUT2D eigenvalue weighted by molar-refractivity contribution is 9.10. The zero-order valence-electron chi connectivity index (χ0n) is 8.46. The third-order valence-electron chi connectivity index (χ3n) is 1.96. The van der Waals surface area contributed by atoms with Crippen LogP contribution in [0.2, 0.25) is 0 Å². The maximum absolute atomic E-state index is 5.10. The summed E-state index contributed by atoms with van der Waals surface area (Å²) in [5.74, 6) is 0. The maximum Gasteiger partial charge on any atom is 0.106 e. The molecule has 0 aliphatic rings. The zero-order chi connectivity index (χ0) is 10.4. The summed E-state index contributed by atoms with van der Waals surface area (Å²) in [7, 11) is 1.71. The molecule has 4 heteroatoms. The van der Waals surface area contributed by atoms with Crippen molar-refractivity contribution in [1.82, 2.24) is 4.98 Å². The molecule has 0 aliphatic carbocycles. The maximum atomic E-state index is 5.10. The molecule has 0 radical (unpaired) electrons. The lowest BCUT2D eigenvalue weighted by molar-refractivity contribution is 0.184. The van der Waals surface area contributed by atoms with Gasteiger partial charge in [-0.3, -0.25) is 0 Å². The van der Waals surface area contributed by atoms with Crippen molar-refractivity contribution >= 4 is 21.6 Å². The summed E-state index contributed by atoms with van der Waals surface area (Å²) in [4.78, 5) is 4.14. The standard InChI is InChI=1S/C10H15BrN2O/c1-3-8(7-14-2)13-9-4-5-10(11)12-6-9/h4-6,8,13H,3,7H2,1-2H3. The molecule has 0 aliphatic heterocycles. The summed E-state index contributed by atoms with van der Waals surface area (Å²) in [6, 6.07) is 4.26. The first-order valence-electron chi connectivity index (χ1n) is 4.63. The van der Waals surface area contributed by atoms with Crippen LogP contribution in [0.1, 0.15) is 13.3 Å². The quantitative estimate of drug-likeness (QED) is 0.825. The predicted octanol–water partition coefficient (Wildman–Crippen LogP) is 2.68. The van der Waals surface area contributed by atoms with Gasteiger partial charge in [0.15, 0.2) is 0 Å². The molecule has 0 aromatic carbocycles. The minimum atomic E-state index is 0.350. The molecule has 0 fully saturated rings. The number of rotatable bonds is 5. The van der Waals surface area contributed by atoms with E-state index in [0.29, 0.717) is 12.6 Å². The van der Waals surface area contributed by atoms with Crippen LogP contribution < -0.4 is 5.32 Å². The Bertz CT molecular complexity index is 263. The number of hydrogen-bond donors (Lipinski definition) is 1. The normalized spacial score (nSPS) is 12.5. The molecule has 3 nitrogen and oxygen atoms in total. The van der Waals surface area contributed by atoms with E-state index < -0.39 is 0 Å². The predicted molar refractivity (Wildman–Crippen MR) is 61.5 cm³/mol. The van der Waals surface area contributed by atoms with Crippen LogP contribution in [-0.2, 0) is 4.74 Å². The number of hydrogen-bond acceptors (Lipinski definition) is 3. The van der Waals surface area contributed by atoms with Crippen LogP contribution in [0.15, 0.2) is 22.9 Å². The fraction of sp³-hybridized carbons (Fsp3) is 0.500. The van der Waals surface area contributed by atoms with Crippen molar-refractivity contribution in [2.45, 2.75) is 19.4 Å². The largest absolute Gasteiger partial charge is 0.383 e. The highest BCUT2D eigenvalue weighted by Gasteiger charge is 2.04. The zero-order valence-corrected chi connectivity index (χ0v) is 10.0. The lowest BCUT2D eigenvalue weighted by atomic mass is 10.2. The molecule has 1 heterocycles. The second kappa shape index (κ2) is 5.98. The SMILES string of the molecule is CCC(COC)Nc1ccc(Br)nc1. The molecule has 0 spiro atoms. The van der Waals surface area contributed by atoms with Gasteiger partial charge in [-0.15, -0.1) is 0 Å². The molecule has 1 aromatic rings. The number of aromatic nitrogens is 1. The molecule has 0 saturated heterocycles. The average Bonchev–Trinajstić information content (AvgIpc) is 2.20. The number of anilines is 1. The van der Waals surface area contributed by atoms with Gasteiger partial charge in [-0.2, -0.15) is 0 Å². The first-order valence-corrected chi connectivity index (χ1v) is 5.42. The molecule has 14 heavy (non-hydrogen) atoms. The van der Waals surface area contributed by atoms with E-state index in [-0.39, 0.29) is 0 Å². The topological polar surface area (TPSA) is 34.1 Å². The van der Waals surface area contributed by atoms with Gasteiger partial charge in [-0.05, 0) is 34.5 Å². The Labute approximate surface area is 93.0 Å². The van der Waals surface area contributed by atoms with Crippen molar-refractivity contribution in [2.75, 3.05) is 19.0 Å². The van der Waals surface area contributed by atoms with Crippen LogP contribution in [0.5, 0.6) is 0 Å². The fourth-order valence-electron chi connectivity index (χ4n) is 1.16. The third kappa shape index (κ3) is 3.64. The average molecular weight is 259 g/mol. The van der Waals surface area contributed by atoms with Gasteiger partial charge in [0.05, 0.1) is 18.5 Å². The Kier molecular flexibility index (Phi) is 4.90. The van der Waals surface area contributed by atoms with E-state index in [0.717, 1.165) is 16.7 Å². The van der Waals surface area contributed by atoms with Gasteiger partial charge in [-0.25, -0.2) is 4.98 Å². The number of nitrogens with zero attached hydrogens (tertiary/aromatic N) is 1. The first-order chi connectivity index (χ1) is 6.76. The summed E-state index contributed by atoms with van der Waals surface area (Å²) < 4.78 is 5.95. The molecule has 0 saturated carbocycles. The van der Waals surface area contributed by atoms with Crippen LogP contribution in [-0.4, -0.2) is 24.7 Å². The monoisotopic (exact) mass is 258 g/mol. The van der Waals surface area contributed by atoms with Crippen LogP contribution >= 0.6 is 15.9 Å². The van der Waals surface area contributed by atoms with E-state index >= 15 is 0 Å². The Balaban J connectivity index is 2.53. The van der Waals surface area contributed by atoms with Crippen LogP contribution in [0.25, 0.3) is 0 Å². The van der Waals surface area contributed by atoms with Gasteiger partial charge in [-0.1, -0.05) is 6.92 Å². The Hall–Kier alpha value is -0.610. The van der Waals surface area contributed by atoms with E-state index in [2.05, 4.69) is 33.2 Å². The number of pyridine rings is 1. The molecule has 0 amide bonds. The Morgan fingerprint density at radius 3 is 2.86 bits per heavy atom. The van der Waals surface area contributed by atoms with Crippen LogP contribution in [0.3, 0.4) is 0 Å². The van der Waals surface area contributed by atoms with Gasteiger partial charge in [0.1, 0.15) is 4.60 Å². The lowest BCUT2D eigenvalue weighted by Gasteiger charge is -2.16. The second-order valence-electron chi connectivity index (χ2n) is 3.07. The molecule has 0 bridgehead atoms. The molecule has 1 atom stereocenters. The van der Waals surface area contributed by atoms with Gasteiger partial charge in [0.25, 0.3) is 0 Å². The smallest absolute Gasteiger partial charge is 0.106 e. The Morgan fingerprint density at radius 2 is 2.36 bits per heavy atom. The molecule has 78 valence electrons. The molecular formula is C10H15BrN2O. The summed E-state index contributed by atoms with van der Waals surface area (Å²) in [6.07, 6.45) is 2.84. The summed E-state index contributed by atoms with van der Waals surface area (Å²) in [6.45, 7) is 2.84. The molecule has 1 aromatic heterocycles. The van der Waals surface area contributed by atoms with Crippen molar-refractivity contribution in [2.24, 2.45) is 0 Å². The first kappa shape index (κ1) is 11.5. The van der Waals surface area contributed by atoms with Crippen LogP contribution in [0, 0.1) is 0 Å². The van der Waals surface area contributed by atoms with Gasteiger partial charge in [0.2, 0.25) is 0 Å². The van der Waals surface area contributed by atoms with Gasteiger partial charge >= 0.3 is 0 Å². The number of nitrogens with one attached hydrogen (secondary N) is 1. The van der Waals surface area contributed by atoms with Crippen LogP contribution in [0.4, 0.5) is 5.69 Å². The van der Waals surface area contributed by atoms with E-state index in [1.165, 1.54) is 0 Å². The molecule has 1 unspecified atom stereocenters. The lowest BCUT2D eigenvalue weighted by Crippen LogP contribution is -2.23. The number of halogens is 1. The molecule has 1 rings (SSSR count). The highest BCUT2D eigenvalue weighted by atomic mass is 79.9. The minimum absolute atomic E-state index is 0.350. The molecular weight excluding hydrogens is 244 g/mol. The summed E-state index contributed by atoms with van der Waals surface area (Å²) in [5, 5.41) is 3.35. The third-order valence-corrected chi connectivity index (χ3v) is 2.43.